The molecule has 0 spiro atoms. The summed E-state index contributed by atoms with van der Waals surface area (Å²) in [5.41, 5.74) is 4.86. The van der Waals surface area contributed by atoms with E-state index in [1.54, 1.807) is 11.8 Å². The number of alkyl halides is 3. The molecule has 1 aromatic carbocycles. The Bertz CT molecular complexity index is 569. The zero-order chi connectivity index (χ0) is 15.6. The molecule has 0 aromatic heterocycles. The molecular weight excluding hydrogens is 321 g/mol. The smallest absolute Gasteiger partial charge is 0.389 e. The Morgan fingerprint density at radius 3 is 2.67 bits per heavy atom. The van der Waals surface area contributed by atoms with E-state index in [9.17, 15) is 18.0 Å². The molecule has 21 heavy (non-hydrogen) atoms. The summed E-state index contributed by atoms with van der Waals surface area (Å²) < 4.78 is 38.1. The van der Waals surface area contributed by atoms with Gasteiger partial charge in [-0.2, -0.15) is 24.9 Å². The van der Waals surface area contributed by atoms with Gasteiger partial charge in [0.2, 0.25) is 5.91 Å². The number of thioether (sulfide) groups is 1. The van der Waals surface area contributed by atoms with Crippen LogP contribution in [0, 0.1) is 5.92 Å². The molecule has 1 aliphatic heterocycles. The molecular formula is C13H13F3N2OS2. The zero-order valence-electron chi connectivity index (χ0n) is 10.9. The van der Waals surface area contributed by atoms with E-state index in [2.05, 4.69) is 5.32 Å². The summed E-state index contributed by atoms with van der Waals surface area (Å²) in [7, 11) is 0. The monoisotopic (exact) mass is 334 g/mol. The Morgan fingerprint density at radius 2 is 2.14 bits per heavy atom. The van der Waals surface area contributed by atoms with Crippen LogP contribution in [0.1, 0.15) is 17.5 Å². The second-order valence-electron chi connectivity index (χ2n) is 4.67. The number of carbonyl (C=O) groups excluding carboxylic acids is 1. The van der Waals surface area contributed by atoms with E-state index < -0.39 is 11.7 Å². The van der Waals surface area contributed by atoms with Crippen molar-refractivity contribution in [3.8, 4) is 0 Å². The fourth-order valence-corrected chi connectivity index (χ4v) is 3.40. The lowest BCUT2D eigenvalue weighted by molar-refractivity contribution is -0.137. The summed E-state index contributed by atoms with van der Waals surface area (Å²) in [4.78, 5) is 11.9. The molecule has 1 unspecified atom stereocenters. The van der Waals surface area contributed by atoms with Crippen LogP contribution in [0.3, 0.4) is 0 Å². The van der Waals surface area contributed by atoms with E-state index in [0.717, 1.165) is 30.1 Å². The Labute approximate surface area is 129 Å². The van der Waals surface area contributed by atoms with Gasteiger partial charge in [0.15, 0.2) is 0 Å². The van der Waals surface area contributed by atoms with Gasteiger partial charge in [0, 0.05) is 17.2 Å². The van der Waals surface area contributed by atoms with Gasteiger partial charge < -0.3 is 11.1 Å². The average Bonchev–Trinajstić information content (AvgIpc) is 2.91. The third-order valence-electron chi connectivity index (χ3n) is 3.17. The third-order valence-corrected chi connectivity index (χ3v) is 4.55. The van der Waals surface area contributed by atoms with Crippen molar-refractivity contribution in [2.75, 3.05) is 16.8 Å². The van der Waals surface area contributed by atoms with Crippen molar-refractivity contribution in [2.45, 2.75) is 12.6 Å². The van der Waals surface area contributed by atoms with Gasteiger partial charge in [0.25, 0.3) is 0 Å². The normalized spacial score (nSPS) is 18.5. The minimum absolute atomic E-state index is 0.0267. The molecule has 0 saturated carbocycles. The molecule has 1 heterocycles. The highest BCUT2D eigenvalue weighted by Gasteiger charge is 2.31. The highest BCUT2D eigenvalue weighted by atomic mass is 32.2. The van der Waals surface area contributed by atoms with Gasteiger partial charge in [-0.3, -0.25) is 4.79 Å². The highest BCUT2D eigenvalue weighted by molar-refractivity contribution is 7.99. The van der Waals surface area contributed by atoms with Crippen molar-refractivity contribution in [3.05, 3.63) is 29.3 Å². The summed E-state index contributed by atoms with van der Waals surface area (Å²) in [5.74, 6) is 1.29. The van der Waals surface area contributed by atoms with E-state index in [-0.39, 0.29) is 28.1 Å². The van der Waals surface area contributed by atoms with Crippen molar-refractivity contribution < 1.29 is 18.0 Å². The number of anilines is 1. The van der Waals surface area contributed by atoms with Gasteiger partial charge in [0.1, 0.15) is 4.99 Å². The summed E-state index contributed by atoms with van der Waals surface area (Å²) in [6.45, 7) is 0. The van der Waals surface area contributed by atoms with Crippen LogP contribution in [-0.4, -0.2) is 22.4 Å². The van der Waals surface area contributed by atoms with Gasteiger partial charge in [-0.05, 0) is 30.4 Å². The van der Waals surface area contributed by atoms with Crippen LogP contribution in [0.5, 0.6) is 0 Å². The average molecular weight is 334 g/mol. The number of hydrogen-bond donors (Lipinski definition) is 2. The lowest BCUT2D eigenvalue weighted by Gasteiger charge is -2.15. The van der Waals surface area contributed by atoms with E-state index in [1.165, 1.54) is 6.07 Å². The van der Waals surface area contributed by atoms with Crippen molar-refractivity contribution in [1.29, 1.82) is 0 Å². The molecule has 114 valence electrons. The van der Waals surface area contributed by atoms with Crippen LogP contribution < -0.4 is 11.1 Å². The summed E-state index contributed by atoms with van der Waals surface area (Å²) >= 11 is 6.45. The standard InChI is InChI=1S/C13H13F3N2OS2/c14-13(15,16)8-1-2-10(9(5-8)11(17)20)18-12(19)7-3-4-21-6-7/h1-2,5,7H,3-4,6H2,(H2,17,20)(H,18,19). The van der Waals surface area contributed by atoms with Crippen molar-refractivity contribution >= 4 is 40.6 Å². The summed E-state index contributed by atoms with van der Waals surface area (Å²) in [5, 5.41) is 2.63. The lowest BCUT2D eigenvalue weighted by Crippen LogP contribution is -2.24. The molecule has 1 aliphatic rings. The molecule has 1 aromatic rings. The van der Waals surface area contributed by atoms with Gasteiger partial charge in [-0.25, -0.2) is 0 Å². The first-order chi connectivity index (χ1) is 9.79. The van der Waals surface area contributed by atoms with E-state index >= 15 is 0 Å². The molecule has 1 saturated heterocycles. The second-order valence-corrected chi connectivity index (χ2v) is 6.26. The molecule has 1 fully saturated rings. The van der Waals surface area contributed by atoms with Crippen molar-refractivity contribution in [1.82, 2.24) is 0 Å². The maximum atomic E-state index is 12.7. The molecule has 1 atom stereocenters. The zero-order valence-corrected chi connectivity index (χ0v) is 12.5. The predicted octanol–water partition coefficient (Wildman–Crippen LogP) is 3.03. The molecule has 0 radical (unpaired) electrons. The first-order valence-electron chi connectivity index (χ1n) is 6.18. The number of nitrogens with two attached hydrogens (primary N) is 1. The van der Waals surface area contributed by atoms with Crippen LogP contribution in [0.25, 0.3) is 0 Å². The number of amides is 1. The number of thiocarbonyl (C=S) groups is 1. The molecule has 3 N–H and O–H groups in total. The summed E-state index contributed by atoms with van der Waals surface area (Å²) in [6, 6.07) is 2.96. The molecule has 8 heteroatoms. The highest BCUT2D eigenvalue weighted by Crippen LogP contribution is 2.32. The minimum atomic E-state index is -4.48. The molecule has 2 rings (SSSR count). The number of rotatable bonds is 3. The van der Waals surface area contributed by atoms with Gasteiger partial charge in [0.05, 0.1) is 11.3 Å². The van der Waals surface area contributed by atoms with Gasteiger partial charge >= 0.3 is 6.18 Å². The fourth-order valence-electron chi connectivity index (χ4n) is 2.01. The maximum Gasteiger partial charge on any atom is 0.416 e. The van der Waals surface area contributed by atoms with Crippen LogP contribution in [0.2, 0.25) is 0 Å². The Balaban J connectivity index is 2.26. The number of nitrogens with one attached hydrogen (secondary N) is 1. The second kappa shape index (κ2) is 6.23. The molecule has 0 bridgehead atoms. The first kappa shape index (κ1) is 16.1. The van der Waals surface area contributed by atoms with E-state index in [1.807, 2.05) is 0 Å². The Morgan fingerprint density at radius 1 is 1.43 bits per heavy atom. The lowest BCUT2D eigenvalue weighted by atomic mass is 10.1. The molecule has 0 aliphatic carbocycles. The Hall–Kier alpha value is -1.28. The number of carbonyl (C=O) groups is 1. The van der Waals surface area contributed by atoms with E-state index in [0.29, 0.717) is 0 Å². The number of hydrogen-bond acceptors (Lipinski definition) is 3. The number of benzene rings is 1. The largest absolute Gasteiger partial charge is 0.416 e. The van der Waals surface area contributed by atoms with Crippen LogP contribution in [0.4, 0.5) is 18.9 Å². The van der Waals surface area contributed by atoms with Crippen LogP contribution in [-0.2, 0) is 11.0 Å². The van der Waals surface area contributed by atoms with Crippen molar-refractivity contribution in [2.24, 2.45) is 11.7 Å². The fraction of sp³-hybridized carbons (Fsp3) is 0.385. The predicted molar refractivity (Wildman–Crippen MR) is 81.4 cm³/mol. The summed E-state index contributed by atoms with van der Waals surface area (Å²) in [6.07, 6.45) is -3.72. The third kappa shape index (κ3) is 3.88. The molecule has 3 nitrogen and oxygen atoms in total. The van der Waals surface area contributed by atoms with Crippen LogP contribution in [0.15, 0.2) is 18.2 Å². The van der Waals surface area contributed by atoms with E-state index in [4.69, 9.17) is 18.0 Å². The number of halogens is 3. The van der Waals surface area contributed by atoms with Crippen molar-refractivity contribution in [3.63, 3.8) is 0 Å². The minimum Gasteiger partial charge on any atom is -0.389 e. The Kier molecular flexibility index (Phi) is 4.77. The van der Waals surface area contributed by atoms with Crippen LogP contribution >= 0.6 is 24.0 Å². The quantitative estimate of drug-likeness (QED) is 0.835. The maximum absolute atomic E-state index is 12.7. The van der Waals surface area contributed by atoms with Gasteiger partial charge in [-0.1, -0.05) is 12.2 Å². The topological polar surface area (TPSA) is 55.1 Å². The van der Waals surface area contributed by atoms with Gasteiger partial charge in [-0.15, -0.1) is 0 Å². The first-order valence-corrected chi connectivity index (χ1v) is 7.75. The molecule has 1 amide bonds. The SMILES string of the molecule is NC(=S)c1cc(C(F)(F)F)ccc1NC(=O)C1CCSC1.